The lowest BCUT2D eigenvalue weighted by atomic mass is 10.1. The van der Waals surface area contributed by atoms with Crippen molar-refractivity contribution in [2.24, 2.45) is 0 Å². The van der Waals surface area contributed by atoms with Crippen LogP contribution in [0.1, 0.15) is 20.7 Å². The first-order valence-electron chi connectivity index (χ1n) is 11.6. The monoisotopic (exact) mass is 515 g/mol. The first kappa shape index (κ1) is 24.7. The molecule has 0 radical (unpaired) electrons. The van der Waals surface area contributed by atoms with E-state index >= 15 is 0 Å². The lowest BCUT2D eigenvalue weighted by Gasteiger charge is -2.37. The number of para-hydroxylation sites is 1. The number of alkyl halides is 3. The Kier molecular flexibility index (Phi) is 6.55. The molecule has 2 fully saturated rings. The Morgan fingerprint density at radius 3 is 2.65 bits per heavy atom. The molecular weight excluding hydrogens is 491 g/mol. The van der Waals surface area contributed by atoms with E-state index in [1.54, 1.807) is 24.3 Å². The average Bonchev–Trinajstić information content (AvgIpc) is 3.55. The highest BCUT2D eigenvalue weighted by Gasteiger charge is 2.44. The Morgan fingerprint density at radius 2 is 1.86 bits per heavy atom. The van der Waals surface area contributed by atoms with Crippen LogP contribution in [0.5, 0.6) is 11.5 Å². The minimum absolute atomic E-state index is 0.187. The molecule has 3 aromatic rings. The van der Waals surface area contributed by atoms with Crippen molar-refractivity contribution >= 4 is 11.8 Å². The number of nitrogens with one attached hydrogen (secondary N) is 1. The SMILES string of the molecule is COc1cccc(-c2cc(C(=O)N3C[C@H]4OCCN(C(=O)c5ccccc5OC(F)(F)F)[C@H]4C3)c[nH]2)c1. The number of nitrogens with zero attached hydrogens (tertiary/aromatic N) is 2. The molecule has 8 nitrogen and oxygen atoms in total. The third-order valence-electron chi connectivity index (χ3n) is 6.50. The van der Waals surface area contributed by atoms with Gasteiger partial charge in [0.25, 0.3) is 11.8 Å². The molecule has 0 saturated carbocycles. The van der Waals surface area contributed by atoms with Gasteiger partial charge in [0.15, 0.2) is 0 Å². The third-order valence-corrected chi connectivity index (χ3v) is 6.50. The van der Waals surface area contributed by atoms with Crippen LogP contribution in [0.2, 0.25) is 0 Å². The molecule has 1 aromatic heterocycles. The van der Waals surface area contributed by atoms with Crippen LogP contribution in [0.25, 0.3) is 11.3 Å². The summed E-state index contributed by atoms with van der Waals surface area (Å²) in [7, 11) is 1.58. The van der Waals surface area contributed by atoms with Crippen molar-refractivity contribution in [1.82, 2.24) is 14.8 Å². The Bertz CT molecular complexity index is 1310. The van der Waals surface area contributed by atoms with Crippen molar-refractivity contribution in [2.45, 2.75) is 18.5 Å². The second kappa shape index (κ2) is 9.81. The highest BCUT2D eigenvalue weighted by molar-refractivity contribution is 5.98. The molecule has 3 heterocycles. The zero-order chi connectivity index (χ0) is 26.2. The number of rotatable bonds is 5. The van der Waals surface area contributed by atoms with Gasteiger partial charge in [0, 0.05) is 37.1 Å². The number of likely N-dealkylation sites (tertiary alicyclic amines) is 1. The van der Waals surface area contributed by atoms with Gasteiger partial charge in [-0.15, -0.1) is 13.2 Å². The van der Waals surface area contributed by atoms with E-state index in [9.17, 15) is 22.8 Å². The lowest BCUT2D eigenvalue weighted by Crippen LogP contribution is -2.53. The predicted molar refractivity (Wildman–Crippen MR) is 126 cm³/mol. The van der Waals surface area contributed by atoms with Crippen LogP contribution in [0.4, 0.5) is 13.2 Å². The summed E-state index contributed by atoms with van der Waals surface area (Å²) in [6, 6.07) is 13.9. The number of aromatic amines is 1. The van der Waals surface area contributed by atoms with E-state index in [0.717, 1.165) is 17.3 Å². The number of carbonyl (C=O) groups excluding carboxylic acids is 2. The Balaban J connectivity index is 1.33. The van der Waals surface area contributed by atoms with Gasteiger partial charge in [-0.25, -0.2) is 0 Å². The maximum absolute atomic E-state index is 13.3. The van der Waals surface area contributed by atoms with Crippen LogP contribution in [-0.2, 0) is 4.74 Å². The fourth-order valence-corrected chi connectivity index (χ4v) is 4.78. The molecule has 2 aromatic carbocycles. The van der Waals surface area contributed by atoms with Crippen LogP contribution in [0, 0.1) is 0 Å². The number of benzene rings is 2. The Labute approximate surface area is 210 Å². The van der Waals surface area contributed by atoms with Crippen molar-refractivity contribution in [3.63, 3.8) is 0 Å². The van der Waals surface area contributed by atoms with Crippen LogP contribution < -0.4 is 9.47 Å². The Hall–Kier alpha value is -3.99. The summed E-state index contributed by atoms with van der Waals surface area (Å²) in [6.45, 7) is 0.846. The maximum atomic E-state index is 13.3. The normalized spacial score (nSPS) is 19.5. The number of hydrogen-bond acceptors (Lipinski definition) is 5. The number of amides is 2. The van der Waals surface area contributed by atoms with Crippen molar-refractivity contribution < 1.29 is 37.0 Å². The van der Waals surface area contributed by atoms with E-state index in [0.29, 0.717) is 11.3 Å². The fourth-order valence-electron chi connectivity index (χ4n) is 4.78. The lowest BCUT2D eigenvalue weighted by molar-refractivity contribution is -0.274. The molecule has 5 rings (SSSR count). The molecule has 2 amide bonds. The first-order valence-corrected chi connectivity index (χ1v) is 11.6. The first-order chi connectivity index (χ1) is 17.7. The van der Waals surface area contributed by atoms with Gasteiger partial charge in [-0.3, -0.25) is 9.59 Å². The molecule has 1 N–H and O–H groups in total. The van der Waals surface area contributed by atoms with Crippen molar-refractivity contribution in [1.29, 1.82) is 0 Å². The molecule has 11 heteroatoms. The molecule has 2 aliphatic rings. The van der Waals surface area contributed by atoms with E-state index in [1.165, 1.54) is 23.1 Å². The van der Waals surface area contributed by atoms with Crippen LogP contribution in [-0.4, -0.2) is 78.5 Å². The van der Waals surface area contributed by atoms with Crippen LogP contribution in [0.15, 0.2) is 60.8 Å². The summed E-state index contributed by atoms with van der Waals surface area (Å²) < 4.78 is 53.8. The van der Waals surface area contributed by atoms with Gasteiger partial charge in [0.05, 0.1) is 37.0 Å². The summed E-state index contributed by atoms with van der Waals surface area (Å²) in [4.78, 5) is 32.8. The number of halogens is 3. The number of hydrogen-bond donors (Lipinski definition) is 1. The number of aromatic nitrogens is 1. The maximum Gasteiger partial charge on any atom is 0.573 e. The van der Waals surface area contributed by atoms with Gasteiger partial charge < -0.3 is 29.0 Å². The predicted octanol–water partition coefficient (Wildman–Crippen LogP) is 3.95. The van der Waals surface area contributed by atoms with Gasteiger partial charge in [0.1, 0.15) is 11.5 Å². The van der Waals surface area contributed by atoms with E-state index in [2.05, 4.69) is 9.72 Å². The largest absolute Gasteiger partial charge is 0.573 e. The summed E-state index contributed by atoms with van der Waals surface area (Å²) in [5.41, 5.74) is 1.85. The van der Waals surface area contributed by atoms with E-state index in [1.807, 2.05) is 24.3 Å². The van der Waals surface area contributed by atoms with Gasteiger partial charge >= 0.3 is 6.36 Å². The topological polar surface area (TPSA) is 84.1 Å². The summed E-state index contributed by atoms with van der Waals surface area (Å²) >= 11 is 0. The van der Waals surface area contributed by atoms with Gasteiger partial charge in [-0.1, -0.05) is 24.3 Å². The molecule has 2 aliphatic heterocycles. The molecular formula is C26H24F3N3O5. The average molecular weight is 515 g/mol. The van der Waals surface area contributed by atoms with Gasteiger partial charge in [-0.2, -0.15) is 0 Å². The Morgan fingerprint density at radius 1 is 1.05 bits per heavy atom. The minimum Gasteiger partial charge on any atom is -0.497 e. The van der Waals surface area contributed by atoms with Gasteiger partial charge in [0.2, 0.25) is 0 Å². The van der Waals surface area contributed by atoms with Crippen molar-refractivity contribution in [3.05, 3.63) is 71.9 Å². The van der Waals surface area contributed by atoms with Crippen LogP contribution in [0.3, 0.4) is 0 Å². The van der Waals surface area contributed by atoms with Crippen LogP contribution >= 0.6 is 0 Å². The molecule has 0 aliphatic carbocycles. The van der Waals surface area contributed by atoms with E-state index in [-0.39, 0.29) is 37.7 Å². The summed E-state index contributed by atoms with van der Waals surface area (Å²) in [5, 5.41) is 0. The zero-order valence-electron chi connectivity index (χ0n) is 19.8. The third kappa shape index (κ3) is 5.12. The number of morpholine rings is 1. The highest BCUT2D eigenvalue weighted by Crippen LogP contribution is 2.31. The fraction of sp³-hybridized carbons (Fsp3) is 0.308. The molecule has 2 atom stereocenters. The standard InChI is InChI=1S/C26H24F3N3O5/c1-35-18-6-4-5-16(11-18)20-12-17(13-30-20)24(33)31-14-21-23(15-31)36-10-9-32(21)25(34)19-7-2-3-8-22(19)37-26(27,28)29/h2-8,11-13,21,23,30H,9-10,14-15H2,1H3/t21-,23+/m0/s1. The van der Waals surface area contributed by atoms with Crippen molar-refractivity contribution in [3.8, 4) is 22.8 Å². The number of methoxy groups -OCH3 is 1. The highest BCUT2D eigenvalue weighted by atomic mass is 19.4. The molecule has 194 valence electrons. The van der Waals surface area contributed by atoms with E-state index in [4.69, 9.17) is 9.47 Å². The molecule has 37 heavy (non-hydrogen) atoms. The summed E-state index contributed by atoms with van der Waals surface area (Å²) in [5.74, 6) is -0.718. The number of H-pyrrole nitrogens is 1. The molecule has 0 unspecified atom stereocenters. The quantitative estimate of drug-likeness (QED) is 0.556. The molecule has 0 bridgehead atoms. The van der Waals surface area contributed by atoms with Crippen molar-refractivity contribution in [2.75, 3.05) is 33.4 Å². The minimum atomic E-state index is -4.93. The smallest absolute Gasteiger partial charge is 0.497 e. The molecule has 0 spiro atoms. The summed E-state index contributed by atoms with van der Waals surface area (Å²) in [6.07, 6.45) is -3.76. The number of carbonyl (C=O) groups is 2. The second-order valence-electron chi connectivity index (χ2n) is 8.76. The number of ether oxygens (including phenoxy) is 3. The van der Waals surface area contributed by atoms with Gasteiger partial charge in [-0.05, 0) is 30.3 Å². The zero-order valence-corrected chi connectivity index (χ0v) is 19.8. The van der Waals surface area contributed by atoms with E-state index < -0.39 is 30.2 Å². The number of fused-ring (bicyclic) bond motifs is 1. The second-order valence-corrected chi connectivity index (χ2v) is 8.76. The molecule has 2 saturated heterocycles.